The zero-order valence-electron chi connectivity index (χ0n) is 18.1. The number of rotatable bonds is 5. The molecule has 4 rings (SSSR count). The van der Waals surface area contributed by atoms with E-state index in [9.17, 15) is 14.4 Å². The lowest BCUT2D eigenvalue weighted by molar-refractivity contribution is -0.120. The zero-order valence-corrected chi connectivity index (χ0v) is 18.1. The Bertz CT molecular complexity index is 1230. The molecule has 1 aliphatic heterocycles. The molecule has 1 aliphatic rings. The minimum absolute atomic E-state index is 0.181. The van der Waals surface area contributed by atoms with Gasteiger partial charge in [-0.3, -0.25) is 14.4 Å². The highest BCUT2D eigenvalue weighted by atomic mass is 16.2. The van der Waals surface area contributed by atoms with Crippen LogP contribution in [-0.4, -0.2) is 24.8 Å². The maximum Gasteiger partial charge on any atom is 0.282 e. The van der Waals surface area contributed by atoms with Crippen LogP contribution in [0.3, 0.4) is 0 Å². The molecule has 6 nitrogen and oxygen atoms in total. The first-order valence-electron chi connectivity index (χ1n) is 10.2. The maximum absolute atomic E-state index is 13.6. The van der Waals surface area contributed by atoms with E-state index in [4.69, 9.17) is 0 Å². The molecular weight excluding hydrogens is 402 g/mol. The van der Waals surface area contributed by atoms with Gasteiger partial charge in [0, 0.05) is 25.3 Å². The number of likely N-dealkylation sites (N-methyl/N-ethyl adjacent to an activating group) is 1. The summed E-state index contributed by atoms with van der Waals surface area (Å²) in [6.07, 6.45) is 0. The predicted molar refractivity (Wildman–Crippen MR) is 126 cm³/mol. The number of benzene rings is 3. The summed E-state index contributed by atoms with van der Waals surface area (Å²) in [5, 5.41) is 2.72. The summed E-state index contributed by atoms with van der Waals surface area (Å²) >= 11 is 0. The van der Waals surface area contributed by atoms with E-state index in [1.807, 2.05) is 55.5 Å². The Labute approximate surface area is 186 Å². The van der Waals surface area contributed by atoms with E-state index in [0.29, 0.717) is 28.2 Å². The van der Waals surface area contributed by atoms with Crippen molar-refractivity contribution in [3.05, 3.63) is 95.7 Å². The smallest absolute Gasteiger partial charge is 0.282 e. The number of anilines is 3. The van der Waals surface area contributed by atoms with Crippen LogP contribution in [0.2, 0.25) is 0 Å². The van der Waals surface area contributed by atoms with Gasteiger partial charge in [-0.25, -0.2) is 4.90 Å². The van der Waals surface area contributed by atoms with E-state index in [1.54, 1.807) is 42.3 Å². The largest absolute Gasteiger partial charge is 0.339 e. The minimum atomic E-state index is -0.384. The number of nitrogens with zero attached hydrogens (tertiary/aromatic N) is 2. The molecule has 160 valence electrons. The van der Waals surface area contributed by atoms with Gasteiger partial charge in [0.05, 0.1) is 11.3 Å². The number of carbonyl (C=O) groups is 3. The van der Waals surface area contributed by atoms with Crippen LogP contribution in [0, 0.1) is 6.92 Å². The molecule has 3 aromatic carbocycles. The average Bonchev–Trinajstić information content (AvgIpc) is 3.04. The van der Waals surface area contributed by atoms with Gasteiger partial charge in [-0.1, -0.05) is 42.5 Å². The molecule has 0 spiro atoms. The second-order valence-electron chi connectivity index (χ2n) is 7.66. The molecule has 0 radical (unpaired) electrons. The van der Waals surface area contributed by atoms with Crippen molar-refractivity contribution in [3.63, 3.8) is 0 Å². The Morgan fingerprint density at radius 2 is 1.56 bits per heavy atom. The highest BCUT2D eigenvalue weighted by molar-refractivity contribution is 6.46. The van der Waals surface area contributed by atoms with Crippen molar-refractivity contribution in [2.24, 2.45) is 0 Å². The van der Waals surface area contributed by atoms with Crippen LogP contribution in [0.15, 0.2) is 84.6 Å². The van der Waals surface area contributed by atoms with Crippen LogP contribution in [0.5, 0.6) is 0 Å². The minimum Gasteiger partial charge on any atom is -0.339 e. The standard InChI is InChI=1S/C26H23N3O3/c1-17-8-7-11-22(16-17)29-25(31)23(19-12-14-20(15-13-19)27-18(2)30)24(26(29)32)28(3)21-9-5-4-6-10-21/h4-16H,1-3H3,(H,27,30). The molecule has 3 amide bonds. The Kier molecular flexibility index (Phi) is 5.60. The molecule has 0 aliphatic carbocycles. The Morgan fingerprint density at radius 1 is 0.875 bits per heavy atom. The SMILES string of the molecule is CC(=O)Nc1ccc(C2=C(N(C)c3ccccc3)C(=O)N(c3cccc(C)c3)C2=O)cc1. The van der Waals surface area contributed by atoms with Gasteiger partial charge in [0.25, 0.3) is 11.8 Å². The van der Waals surface area contributed by atoms with Crippen molar-refractivity contribution in [2.75, 3.05) is 22.2 Å². The third-order valence-electron chi connectivity index (χ3n) is 5.29. The van der Waals surface area contributed by atoms with E-state index >= 15 is 0 Å². The van der Waals surface area contributed by atoms with Gasteiger partial charge in [0.15, 0.2) is 0 Å². The molecule has 3 aromatic rings. The van der Waals surface area contributed by atoms with E-state index in [-0.39, 0.29) is 17.7 Å². The van der Waals surface area contributed by atoms with Crippen molar-refractivity contribution >= 4 is 40.4 Å². The first-order chi connectivity index (χ1) is 15.4. The molecule has 0 bridgehead atoms. The fraction of sp³-hybridized carbons (Fsp3) is 0.115. The Balaban J connectivity index is 1.84. The average molecular weight is 425 g/mol. The number of imide groups is 1. The van der Waals surface area contributed by atoms with Gasteiger partial charge in [-0.05, 0) is 54.4 Å². The molecule has 0 unspecified atom stereocenters. The van der Waals surface area contributed by atoms with E-state index in [2.05, 4.69) is 5.32 Å². The summed E-state index contributed by atoms with van der Waals surface area (Å²) in [5.74, 6) is -0.947. The first-order valence-corrected chi connectivity index (χ1v) is 10.2. The molecule has 0 saturated carbocycles. The normalized spacial score (nSPS) is 13.5. The Hall–Kier alpha value is -4.19. The van der Waals surface area contributed by atoms with Gasteiger partial charge >= 0.3 is 0 Å². The van der Waals surface area contributed by atoms with Crippen LogP contribution in [0.25, 0.3) is 5.57 Å². The summed E-state index contributed by atoms with van der Waals surface area (Å²) in [4.78, 5) is 41.5. The van der Waals surface area contributed by atoms with Gasteiger partial charge in [0.1, 0.15) is 5.70 Å². The van der Waals surface area contributed by atoms with Crippen LogP contribution in [-0.2, 0) is 14.4 Å². The van der Waals surface area contributed by atoms with Crippen LogP contribution in [0.4, 0.5) is 17.1 Å². The summed E-state index contributed by atoms with van der Waals surface area (Å²) in [6, 6.07) is 23.7. The topological polar surface area (TPSA) is 69.7 Å². The van der Waals surface area contributed by atoms with Gasteiger partial charge in [-0.2, -0.15) is 0 Å². The summed E-state index contributed by atoms with van der Waals surface area (Å²) < 4.78 is 0. The number of para-hydroxylation sites is 1. The van der Waals surface area contributed by atoms with Crippen LogP contribution in [0.1, 0.15) is 18.1 Å². The summed E-state index contributed by atoms with van der Waals surface area (Å²) in [6.45, 7) is 3.35. The number of nitrogens with one attached hydrogen (secondary N) is 1. The van der Waals surface area contributed by atoms with E-state index < -0.39 is 0 Å². The number of hydrogen-bond acceptors (Lipinski definition) is 4. The maximum atomic E-state index is 13.6. The first kappa shape index (κ1) is 21.1. The predicted octanol–water partition coefficient (Wildman–Crippen LogP) is 4.37. The molecule has 0 aromatic heterocycles. The molecule has 0 fully saturated rings. The quantitative estimate of drug-likeness (QED) is 0.616. The second-order valence-corrected chi connectivity index (χ2v) is 7.66. The zero-order chi connectivity index (χ0) is 22.8. The molecule has 0 atom stereocenters. The lowest BCUT2D eigenvalue weighted by Crippen LogP contribution is -2.34. The van der Waals surface area contributed by atoms with Crippen molar-refractivity contribution in [3.8, 4) is 0 Å². The van der Waals surface area contributed by atoms with Crippen LogP contribution >= 0.6 is 0 Å². The molecule has 1 heterocycles. The molecule has 6 heteroatoms. The third kappa shape index (κ3) is 3.90. The van der Waals surface area contributed by atoms with E-state index in [1.165, 1.54) is 11.8 Å². The highest BCUT2D eigenvalue weighted by Crippen LogP contribution is 2.36. The fourth-order valence-electron chi connectivity index (χ4n) is 3.80. The highest BCUT2D eigenvalue weighted by Gasteiger charge is 2.42. The third-order valence-corrected chi connectivity index (χ3v) is 5.29. The van der Waals surface area contributed by atoms with Crippen molar-refractivity contribution in [1.82, 2.24) is 0 Å². The number of hydrogen-bond donors (Lipinski definition) is 1. The molecule has 0 saturated heterocycles. The van der Waals surface area contributed by atoms with Gasteiger partial charge in [0.2, 0.25) is 5.91 Å². The van der Waals surface area contributed by atoms with Gasteiger partial charge < -0.3 is 10.2 Å². The number of aryl methyl sites for hydroxylation is 1. The summed E-state index contributed by atoms with van der Waals surface area (Å²) in [5.41, 5.74) is 4.12. The van der Waals surface area contributed by atoms with Crippen molar-refractivity contribution < 1.29 is 14.4 Å². The molecule has 32 heavy (non-hydrogen) atoms. The van der Waals surface area contributed by atoms with Crippen molar-refractivity contribution in [1.29, 1.82) is 0 Å². The Morgan fingerprint density at radius 3 is 2.19 bits per heavy atom. The monoisotopic (exact) mass is 425 g/mol. The lowest BCUT2D eigenvalue weighted by atomic mass is 10.0. The van der Waals surface area contributed by atoms with E-state index in [0.717, 1.165) is 11.3 Å². The molecule has 1 N–H and O–H groups in total. The van der Waals surface area contributed by atoms with Crippen LogP contribution < -0.4 is 15.1 Å². The second kappa shape index (κ2) is 8.51. The van der Waals surface area contributed by atoms with Gasteiger partial charge in [-0.15, -0.1) is 0 Å². The lowest BCUT2D eigenvalue weighted by Gasteiger charge is -2.21. The van der Waals surface area contributed by atoms with Crippen molar-refractivity contribution in [2.45, 2.75) is 13.8 Å². The fourth-order valence-corrected chi connectivity index (χ4v) is 3.80. The molecular formula is C26H23N3O3. The number of carbonyl (C=O) groups excluding carboxylic acids is 3. The summed E-state index contributed by atoms with van der Waals surface area (Å²) in [7, 11) is 1.78. The number of amides is 3.